The number of aliphatic hydroxyl groups excluding tert-OH is 1. The summed E-state index contributed by atoms with van der Waals surface area (Å²) in [5.74, 6) is 0.199. The molecule has 4 heteroatoms. The molecule has 22 heavy (non-hydrogen) atoms. The molecule has 2 rings (SSSR count). The standard InChI is InChI=1S/C18H29FN2O/c1-18(2,3)17(22)9-14-8-16(20)12-21(11-14)10-13-5-4-6-15(19)7-13/h4-7,14,16-17,22H,8-12,20H2,1-3H3. The smallest absolute Gasteiger partial charge is 0.123 e. The van der Waals surface area contributed by atoms with Gasteiger partial charge in [-0.2, -0.15) is 0 Å². The molecular weight excluding hydrogens is 279 g/mol. The Bertz CT molecular complexity index is 486. The quantitative estimate of drug-likeness (QED) is 0.899. The molecule has 3 N–H and O–H groups in total. The van der Waals surface area contributed by atoms with Gasteiger partial charge >= 0.3 is 0 Å². The number of halogens is 1. The van der Waals surface area contributed by atoms with E-state index in [1.807, 2.05) is 6.07 Å². The first-order valence-electron chi connectivity index (χ1n) is 8.14. The average molecular weight is 308 g/mol. The Balaban J connectivity index is 1.96. The summed E-state index contributed by atoms with van der Waals surface area (Å²) in [5.41, 5.74) is 7.06. The van der Waals surface area contributed by atoms with Crippen LogP contribution in [0.25, 0.3) is 0 Å². The van der Waals surface area contributed by atoms with Crippen LogP contribution in [-0.2, 0) is 6.54 Å². The van der Waals surface area contributed by atoms with Crippen LogP contribution in [0.2, 0.25) is 0 Å². The lowest BCUT2D eigenvalue weighted by Gasteiger charge is -2.39. The first-order valence-corrected chi connectivity index (χ1v) is 8.14. The Hall–Kier alpha value is -0.970. The topological polar surface area (TPSA) is 49.5 Å². The van der Waals surface area contributed by atoms with Crippen LogP contribution in [0.3, 0.4) is 0 Å². The minimum absolute atomic E-state index is 0.102. The normalized spacial score (nSPS) is 25.2. The van der Waals surface area contributed by atoms with Gasteiger partial charge in [-0.1, -0.05) is 32.9 Å². The van der Waals surface area contributed by atoms with Crippen LogP contribution < -0.4 is 5.73 Å². The average Bonchev–Trinajstić information content (AvgIpc) is 2.36. The maximum atomic E-state index is 13.3. The molecule has 1 saturated heterocycles. The summed E-state index contributed by atoms with van der Waals surface area (Å²) in [4.78, 5) is 2.28. The third-order valence-electron chi connectivity index (χ3n) is 4.50. The number of benzene rings is 1. The van der Waals surface area contributed by atoms with Crippen molar-refractivity contribution in [2.24, 2.45) is 17.1 Å². The number of aliphatic hydroxyl groups is 1. The van der Waals surface area contributed by atoms with Gasteiger partial charge in [-0.3, -0.25) is 4.90 Å². The van der Waals surface area contributed by atoms with E-state index in [-0.39, 0.29) is 23.4 Å². The summed E-state index contributed by atoms with van der Waals surface area (Å²) in [6, 6.07) is 6.87. The predicted octanol–water partition coefficient (Wildman–Crippen LogP) is 2.77. The fourth-order valence-electron chi connectivity index (χ4n) is 3.21. The van der Waals surface area contributed by atoms with Gasteiger partial charge in [0.15, 0.2) is 0 Å². The van der Waals surface area contributed by atoms with E-state index in [1.54, 1.807) is 12.1 Å². The highest BCUT2D eigenvalue weighted by molar-refractivity contribution is 5.16. The van der Waals surface area contributed by atoms with E-state index in [0.29, 0.717) is 12.5 Å². The number of rotatable bonds is 4. The van der Waals surface area contributed by atoms with E-state index >= 15 is 0 Å². The van der Waals surface area contributed by atoms with E-state index in [9.17, 15) is 9.50 Å². The third-order valence-corrected chi connectivity index (χ3v) is 4.50. The number of piperidine rings is 1. The Kier molecular flexibility index (Phi) is 5.59. The largest absolute Gasteiger partial charge is 0.393 e. The Morgan fingerprint density at radius 3 is 2.73 bits per heavy atom. The summed E-state index contributed by atoms with van der Waals surface area (Å²) in [6.07, 6.45) is 1.41. The molecule has 3 atom stereocenters. The molecule has 3 unspecified atom stereocenters. The molecule has 3 nitrogen and oxygen atoms in total. The number of nitrogens with zero attached hydrogens (tertiary/aromatic N) is 1. The van der Waals surface area contributed by atoms with E-state index < -0.39 is 0 Å². The molecule has 0 radical (unpaired) electrons. The van der Waals surface area contributed by atoms with Gasteiger partial charge in [-0.25, -0.2) is 4.39 Å². The lowest BCUT2D eigenvalue weighted by Crippen LogP contribution is -2.47. The van der Waals surface area contributed by atoms with Gasteiger partial charge in [-0.15, -0.1) is 0 Å². The van der Waals surface area contributed by atoms with Gasteiger partial charge in [0, 0.05) is 25.7 Å². The highest BCUT2D eigenvalue weighted by atomic mass is 19.1. The Morgan fingerprint density at radius 2 is 2.09 bits per heavy atom. The van der Waals surface area contributed by atoms with Crippen molar-refractivity contribution >= 4 is 0 Å². The van der Waals surface area contributed by atoms with Crippen LogP contribution >= 0.6 is 0 Å². The zero-order chi connectivity index (χ0) is 16.3. The Labute approximate surface area is 133 Å². The molecule has 1 fully saturated rings. The Morgan fingerprint density at radius 1 is 1.36 bits per heavy atom. The monoisotopic (exact) mass is 308 g/mol. The third kappa shape index (κ3) is 5.04. The molecule has 1 aliphatic heterocycles. The van der Waals surface area contributed by atoms with Crippen molar-refractivity contribution in [1.82, 2.24) is 4.90 Å². The number of hydrogen-bond donors (Lipinski definition) is 2. The van der Waals surface area contributed by atoms with Crippen LogP contribution in [-0.4, -0.2) is 35.2 Å². The molecule has 0 spiro atoms. The molecule has 1 heterocycles. The van der Waals surface area contributed by atoms with Crippen molar-refractivity contribution in [3.8, 4) is 0 Å². The summed E-state index contributed by atoms with van der Waals surface area (Å²) < 4.78 is 13.3. The number of likely N-dealkylation sites (tertiary alicyclic amines) is 1. The first kappa shape index (κ1) is 17.4. The maximum absolute atomic E-state index is 13.3. The van der Waals surface area contributed by atoms with E-state index in [1.165, 1.54) is 6.07 Å². The lowest BCUT2D eigenvalue weighted by atomic mass is 9.80. The first-order chi connectivity index (χ1) is 10.2. The van der Waals surface area contributed by atoms with Crippen LogP contribution in [0.1, 0.15) is 39.2 Å². The maximum Gasteiger partial charge on any atom is 0.123 e. The van der Waals surface area contributed by atoms with Crippen molar-refractivity contribution in [2.75, 3.05) is 13.1 Å². The fourth-order valence-corrected chi connectivity index (χ4v) is 3.21. The predicted molar refractivity (Wildman–Crippen MR) is 87.8 cm³/mol. The van der Waals surface area contributed by atoms with Crippen LogP contribution in [0.4, 0.5) is 4.39 Å². The van der Waals surface area contributed by atoms with Gasteiger partial charge in [0.2, 0.25) is 0 Å². The van der Waals surface area contributed by atoms with Crippen molar-refractivity contribution in [1.29, 1.82) is 0 Å². The van der Waals surface area contributed by atoms with Gasteiger partial charge in [-0.05, 0) is 41.9 Å². The summed E-state index contributed by atoms with van der Waals surface area (Å²) in [6.45, 7) is 8.64. The molecular formula is C18H29FN2O. The summed E-state index contributed by atoms with van der Waals surface area (Å²) in [5, 5.41) is 10.3. The SMILES string of the molecule is CC(C)(C)C(O)CC1CC(N)CN(Cc2cccc(F)c2)C1. The summed E-state index contributed by atoms with van der Waals surface area (Å²) in [7, 11) is 0. The van der Waals surface area contributed by atoms with Crippen LogP contribution in [0.5, 0.6) is 0 Å². The summed E-state index contributed by atoms with van der Waals surface area (Å²) >= 11 is 0. The van der Waals surface area contributed by atoms with Crippen LogP contribution in [0.15, 0.2) is 24.3 Å². The molecule has 0 amide bonds. The van der Waals surface area contributed by atoms with Crippen molar-refractivity contribution in [3.05, 3.63) is 35.6 Å². The number of nitrogens with two attached hydrogens (primary N) is 1. The van der Waals surface area contributed by atoms with Gasteiger partial charge in [0.25, 0.3) is 0 Å². The molecule has 0 aliphatic carbocycles. The molecule has 1 aliphatic rings. The number of hydrogen-bond acceptors (Lipinski definition) is 3. The van der Waals surface area contributed by atoms with E-state index in [0.717, 1.165) is 31.5 Å². The van der Waals surface area contributed by atoms with Crippen molar-refractivity contribution in [3.63, 3.8) is 0 Å². The second kappa shape index (κ2) is 7.07. The van der Waals surface area contributed by atoms with Crippen molar-refractivity contribution in [2.45, 2.75) is 52.3 Å². The van der Waals surface area contributed by atoms with Gasteiger partial charge < -0.3 is 10.8 Å². The molecule has 0 bridgehead atoms. The molecule has 124 valence electrons. The molecule has 1 aromatic carbocycles. The van der Waals surface area contributed by atoms with E-state index in [2.05, 4.69) is 25.7 Å². The van der Waals surface area contributed by atoms with Crippen LogP contribution in [0, 0.1) is 17.2 Å². The van der Waals surface area contributed by atoms with Gasteiger partial charge in [0.1, 0.15) is 5.82 Å². The van der Waals surface area contributed by atoms with E-state index in [4.69, 9.17) is 5.73 Å². The second-order valence-corrected chi connectivity index (χ2v) is 7.80. The molecule has 0 aromatic heterocycles. The van der Waals surface area contributed by atoms with Crippen molar-refractivity contribution < 1.29 is 9.50 Å². The molecule has 0 saturated carbocycles. The minimum Gasteiger partial charge on any atom is -0.393 e. The second-order valence-electron chi connectivity index (χ2n) is 7.80. The highest BCUT2D eigenvalue weighted by Gasteiger charge is 2.30. The lowest BCUT2D eigenvalue weighted by molar-refractivity contribution is 0.0233. The minimum atomic E-state index is -0.321. The zero-order valence-electron chi connectivity index (χ0n) is 13.9. The van der Waals surface area contributed by atoms with Gasteiger partial charge in [0.05, 0.1) is 6.10 Å². The fraction of sp³-hybridized carbons (Fsp3) is 0.667. The molecule has 1 aromatic rings. The highest BCUT2D eigenvalue weighted by Crippen LogP contribution is 2.29. The zero-order valence-corrected chi connectivity index (χ0v) is 13.9.